The Kier molecular flexibility index (Phi) is 5.04. The Morgan fingerprint density at radius 1 is 1.52 bits per heavy atom. The molecule has 0 aliphatic rings. The van der Waals surface area contributed by atoms with E-state index in [4.69, 9.17) is 0 Å². The summed E-state index contributed by atoms with van der Waals surface area (Å²) in [4.78, 5) is 34.1. The summed E-state index contributed by atoms with van der Waals surface area (Å²) in [6.45, 7) is 2.03. The third kappa shape index (κ3) is 4.12. The van der Waals surface area contributed by atoms with Crippen LogP contribution in [0.5, 0.6) is 0 Å². The lowest BCUT2D eigenvalue weighted by Gasteiger charge is -2.12. The minimum absolute atomic E-state index is 0.146. The van der Waals surface area contributed by atoms with E-state index in [1.165, 1.54) is 23.9 Å². The number of aromatic nitrogens is 3. The molecule has 0 spiro atoms. The molecule has 21 heavy (non-hydrogen) atoms. The Labute approximate surface area is 125 Å². The number of nitrogens with zero attached hydrogens (tertiary/aromatic N) is 2. The highest BCUT2D eigenvalue weighted by molar-refractivity contribution is 7.09. The number of imidazole rings is 1. The van der Waals surface area contributed by atoms with Gasteiger partial charge in [0.25, 0.3) is 5.91 Å². The lowest BCUT2D eigenvalue weighted by atomic mass is 10.1. The molecule has 0 aromatic carbocycles. The van der Waals surface area contributed by atoms with Crippen LogP contribution in [0.25, 0.3) is 0 Å². The molecule has 2 aromatic heterocycles. The molecule has 1 amide bonds. The zero-order valence-corrected chi connectivity index (χ0v) is 12.3. The standard InChI is InChI=1S/C13H16N4O3S/c1-2-3-11-16-10(6-21-11)12(18)17-9(13(19)20)4-8-5-14-7-15-8/h5-7,9H,2-4H2,1H3,(H,14,15)(H,17,18)(H,19,20)/t9-/m1/s1. The normalized spacial score (nSPS) is 12.0. The number of aryl methyl sites for hydroxylation is 1. The van der Waals surface area contributed by atoms with Crippen molar-refractivity contribution in [2.75, 3.05) is 0 Å². The second kappa shape index (κ2) is 6.98. The zero-order chi connectivity index (χ0) is 15.2. The molecule has 3 N–H and O–H groups in total. The lowest BCUT2D eigenvalue weighted by molar-refractivity contribution is -0.139. The molecule has 0 bridgehead atoms. The maximum absolute atomic E-state index is 12.0. The van der Waals surface area contributed by atoms with Crippen LogP contribution in [0.3, 0.4) is 0 Å². The van der Waals surface area contributed by atoms with E-state index in [0.717, 1.165) is 17.8 Å². The monoisotopic (exact) mass is 308 g/mol. The van der Waals surface area contributed by atoms with Gasteiger partial charge >= 0.3 is 5.97 Å². The number of carbonyl (C=O) groups excluding carboxylic acids is 1. The van der Waals surface area contributed by atoms with Crippen molar-refractivity contribution >= 4 is 23.2 Å². The number of aliphatic carboxylic acids is 1. The van der Waals surface area contributed by atoms with Crippen molar-refractivity contribution in [1.82, 2.24) is 20.3 Å². The van der Waals surface area contributed by atoms with Crippen LogP contribution < -0.4 is 5.32 Å². The molecule has 0 aliphatic carbocycles. The maximum atomic E-state index is 12.0. The van der Waals surface area contributed by atoms with Crippen LogP contribution in [0.2, 0.25) is 0 Å². The van der Waals surface area contributed by atoms with Gasteiger partial charge in [0.15, 0.2) is 0 Å². The fourth-order valence-electron chi connectivity index (χ4n) is 1.79. The average Bonchev–Trinajstić information content (AvgIpc) is 3.09. The van der Waals surface area contributed by atoms with E-state index in [-0.39, 0.29) is 12.1 Å². The Bertz CT molecular complexity index is 609. The largest absolute Gasteiger partial charge is 0.480 e. The molecular weight excluding hydrogens is 292 g/mol. The summed E-state index contributed by atoms with van der Waals surface area (Å²) >= 11 is 1.41. The van der Waals surface area contributed by atoms with Crippen molar-refractivity contribution in [3.8, 4) is 0 Å². The van der Waals surface area contributed by atoms with Gasteiger partial charge < -0.3 is 15.4 Å². The second-order valence-electron chi connectivity index (χ2n) is 4.52. The van der Waals surface area contributed by atoms with Gasteiger partial charge in [0.05, 0.1) is 11.3 Å². The molecule has 0 saturated carbocycles. The van der Waals surface area contributed by atoms with Crippen molar-refractivity contribution in [3.05, 3.63) is 34.3 Å². The minimum atomic E-state index is -1.10. The minimum Gasteiger partial charge on any atom is -0.480 e. The molecule has 0 radical (unpaired) electrons. The first-order valence-corrected chi connectivity index (χ1v) is 7.43. The average molecular weight is 308 g/mol. The number of aromatic amines is 1. The fraction of sp³-hybridized carbons (Fsp3) is 0.385. The molecule has 112 valence electrons. The van der Waals surface area contributed by atoms with Crippen molar-refractivity contribution in [3.63, 3.8) is 0 Å². The third-order valence-electron chi connectivity index (χ3n) is 2.83. The molecule has 0 aliphatic heterocycles. The van der Waals surface area contributed by atoms with Gasteiger partial charge in [0.1, 0.15) is 11.7 Å². The van der Waals surface area contributed by atoms with Gasteiger partial charge in [-0.25, -0.2) is 14.8 Å². The van der Waals surface area contributed by atoms with E-state index >= 15 is 0 Å². The lowest BCUT2D eigenvalue weighted by Crippen LogP contribution is -2.42. The summed E-state index contributed by atoms with van der Waals surface area (Å²) < 4.78 is 0. The van der Waals surface area contributed by atoms with Crippen LogP contribution >= 0.6 is 11.3 Å². The number of rotatable bonds is 7. The van der Waals surface area contributed by atoms with Gasteiger partial charge in [-0.2, -0.15) is 0 Å². The summed E-state index contributed by atoms with van der Waals surface area (Å²) in [5.41, 5.74) is 0.909. The smallest absolute Gasteiger partial charge is 0.326 e. The Balaban J connectivity index is 2.01. The predicted octanol–water partition coefficient (Wildman–Crippen LogP) is 1.24. The van der Waals surface area contributed by atoms with E-state index in [9.17, 15) is 14.7 Å². The first-order chi connectivity index (χ1) is 10.1. The number of carboxylic acids is 1. The molecule has 8 heteroatoms. The molecular formula is C13H16N4O3S. The van der Waals surface area contributed by atoms with Gasteiger partial charge in [-0.15, -0.1) is 11.3 Å². The summed E-state index contributed by atoms with van der Waals surface area (Å²) in [6.07, 6.45) is 4.91. The molecule has 1 atom stereocenters. The quantitative estimate of drug-likeness (QED) is 0.713. The van der Waals surface area contributed by atoms with Crippen LogP contribution in [0, 0.1) is 0 Å². The predicted molar refractivity (Wildman–Crippen MR) is 77.3 cm³/mol. The highest BCUT2D eigenvalue weighted by atomic mass is 32.1. The summed E-state index contributed by atoms with van der Waals surface area (Å²) in [5.74, 6) is -1.57. The Morgan fingerprint density at radius 2 is 2.33 bits per heavy atom. The maximum Gasteiger partial charge on any atom is 0.326 e. The number of carboxylic acid groups (broad SMARTS) is 1. The SMILES string of the molecule is CCCc1nc(C(=O)N[C@H](Cc2cnc[nH]2)C(=O)O)cs1. The number of H-pyrrole nitrogens is 1. The molecule has 2 aromatic rings. The van der Waals surface area contributed by atoms with Gasteiger partial charge in [-0.1, -0.05) is 6.92 Å². The number of carbonyl (C=O) groups is 2. The molecule has 7 nitrogen and oxygen atoms in total. The summed E-state index contributed by atoms with van der Waals surface area (Å²) in [6, 6.07) is -1.02. The van der Waals surface area contributed by atoms with Crippen LogP contribution in [0.4, 0.5) is 0 Å². The first kappa shape index (κ1) is 15.2. The zero-order valence-electron chi connectivity index (χ0n) is 11.5. The van der Waals surface area contributed by atoms with Gasteiger partial charge in [-0.05, 0) is 12.8 Å². The highest BCUT2D eigenvalue weighted by Gasteiger charge is 2.22. The Morgan fingerprint density at radius 3 is 2.95 bits per heavy atom. The van der Waals surface area contributed by atoms with Crippen molar-refractivity contribution in [1.29, 1.82) is 0 Å². The Hall–Kier alpha value is -2.22. The van der Waals surface area contributed by atoms with Crippen LogP contribution in [0.15, 0.2) is 17.9 Å². The van der Waals surface area contributed by atoms with Gasteiger partial charge in [-0.3, -0.25) is 4.79 Å². The van der Waals surface area contributed by atoms with Crippen molar-refractivity contribution < 1.29 is 14.7 Å². The highest BCUT2D eigenvalue weighted by Crippen LogP contribution is 2.12. The first-order valence-electron chi connectivity index (χ1n) is 6.55. The molecule has 2 heterocycles. The van der Waals surface area contributed by atoms with Gasteiger partial charge in [0, 0.05) is 23.7 Å². The van der Waals surface area contributed by atoms with E-state index in [1.807, 2.05) is 6.92 Å². The van der Waals surface area contributed by atoms with E-state index in [2.05, 4.69) is 20.3 Å². The number of hydrogen-bond donors (Lipinski definition) is 3. The molecule has 0 fully saturated rings. The molecule has 2 rings (SSSR count). The van der Waals surface area contributed by atoms with Gasteiger partial charge in [0.2, 0.25) is 0 Å². The number of amides is 1. The summed E-state index contributed by atoms with van der Waals surface area (Å²) in [5, 5.41) is 14.2. The second-order valence-corrected chi connectivity index (χ2v) is 5.46. The topological polar surface area (TPSA) is 108 Å². The fourth-order valence-corrected chi connectivity index (χ4v) is 2.67. The number of thiazole rings is 1. The van der Waals surface area contributed by atoms with Crippen molar-refractivity contribution in [2.45, 2.75) is 32.2 Å². The van der Waals surface area contributed by atoms with Crippen molar-refractivity contribution in [2.24, 2.45) is 0 Å². The number of nitrogens with one attached hydrogen (secondary N) is 2. The number of hydrogen-bond acceptors (Lipinski definition) is 5. The van der Waals surface area contributed by atoms with Crippen LogP contribution in [0.1, 0.15) is 34.5 Å². The molecule has 0 saturated heterocycles. The third-order valence-corrected chi connectivity index (χ3v) is 3.74. The van der Waals surface area contributed by atoms with E-state index < -0.39 is 17.9 Å². The molecule has 0 unspecified atom stereocenters. The summed E-state index contributed by atoms with van der Waals surface area (Å²) in [7, 11) is 0. The van der Waals surface area contributed by atoms with E-state index in [1.54, 1.807) is 5.38 Å². The van der Waals surface area contributed by atoms with E-state index in [0.29, 0.717) is 5.69 Å². The van der Waals surface area contributed by atoms with Crippen LogP contribution in [-0.4, -0.2) is 38.0 Å². The van der Waals surface area contributed by atoms with Crippen LogP contribution in [-0.2, 0) is 17.6 Å².